The fourth-order valence-corrected chi connectivity index (χ4v) is 1.86. The van der Waals surface area contributed by atoms with Crippen LogP contribution in [0, 0.1) is 6.92 Å². The van der Waals surface area contributed by atoms with Crippen molar-refractivity contribution in [2.75, 3.05) is 5.32 Å². The van der Waals surface area contributed by atoms with Crippen LogP contribution in [0.5, 0.6) is 0 Å². The van der Waals surface area contributed by atoms with Crippen molar-refractivity contribution < 1.29 is 0 Å². The lowest BCUT2D eigenvalue weighted by atomic mass is 10.2. The maximum absolute atomic E-state index is 5.95. The number of aromatic nitrogens is 1. The Kier molecular flexibility index (Phi) is 3.46. The molecular weight excluding hydrogens is 288 g/mol. The molecule has 1 N–H and O–H groups in total. The zero-order valence-electron chi connectivity index (χ0n) is 8.67. The minimum atomic E-state index is 0.708. The van der Waals surface area contributed by atoms with Crippen LogP contribution in [0.1, 0.15) is 5.56 Å². The molecule has 0 saturated heterocycles. The highest BCUT2D eigenvalue weighted by Gasteiger charge is 2.03. The summed E-state index contributed by atoms with van der Waals surface area (Å²) in [6, 6.07) is 9.55. The van der Waals surface area contributed by atoms with Gasteiger partial charge in [0, 0.05) is 16.9 Å². The van der Waals surface area contributed by atoms with Crippen LogP contribution in [0.25, 0.3) is 0 Å². The molecule has 4 heteroatoms. The van der Waals surface area contributed by atoms with Crippen LogP contribution in [0.3, 0.4) is 0 Å². The van der Waals surface area contributed by atoms with Crippen LogP contribution in [0.4, 0.5) is 11.5 Å². The molecule has 82 valence electrons. The van der Waals surface area contributed by atoms with Crippen LogP contribution < -0.4 is 5.32 Å². The predicted molar refractivity (Wildman–Crippen MR) is 71.4 cm³/mol. The minimum Gasteiger partial charge on any atom is -0.339 e. The zero-order chi connectivity index (χ0) is 11.5. The summed E-state index contributed by atoms with van der Waals surface area (Å²) in [6.45, 7) is 2.02. The Labute approximate surface area is 108 Å². The normalized spacial score (nSPS) is 10.2. The summed E-state index contributed by atoms with van der Waals surface area (Å²) < 4.78 is 0.925. The van der Waals surface area contributed by atoms with E-state index < -0.39 is 0 Å². The molecule has 0 aliphatic carbocycles. The molecule has 0 atom stereocenters. The summed E-state index contributed by atoms with van der Waals surface area (Å²) in [6.07, 6.45) is 1.74. The monoisotopic (exact) mass is 296 g/mol. The standard InChI is InChI=1S/C12H10BrClN2/c1-8-4-5-9(14)7-11(8)16-12-10(13)3-2-6-15-12/h2-7H,1H3,(H,15,16). The first-order valence-electron chi connectivity index (χ1n) is 4.80. The van der Waals surface area contributed by atoms with E-state index in [0.29, 0.717) is 5.02 Å². The van der Waals surface area contributed by atoms with E-state index in [-0.39, 0.29) is 0 Å². The molecule has 2 nitrogen and oxygen atoms in total. The van der Waals surface area contributed by atoms with Crippen molar-refractivity contribution in [2.45, 2.75) is 6.92 Å². The lowest BCUT2D eigenvalue weighted by molar-refractivity contribution is 1.28. The van der Waals surface area contributed by atoms with Crippen molar-refractivity contribution >= 4 is 39.0 Å². The Morgan fingerprint density at radius 1 is 1.31 bits per heavy atom. The molecule has 1 aromatic carbocycles. The molecule has 0 spiro atoms. The van der Waals surface area contributed by atoms with Crippen molar-refractivity contribution in [1.82, 2.24) is 4.98 Å². The molecule has 0 bridgehead atoms. The Balaban J connectivity index is 2.34. The van der Waals surface area contributed by atoms with Crippen LogP contribution in [-0.4, -0.2) is 4.98 Å². The number of anilines is 2. The van der Waals surface area contributed by atoms with Gasteiger partial charge in [0.1, 0.15) is 5.82 Å². The molecule has 1 aromatic heterocycles. The van der Waals surface area contributed by atoms with E-state index in [1.165, 1.54) is 0 Å². The van der Waals surface area contributed by atoms with Crippen LogP contribution in [0.15, 0.2) is 41.0 Å². The van der Waals surface area contributed by atoms with Gasteiger partial charge in [-0.05, 0) is 52.7 Å². The summed E-state index contributed by atoms with van der Waals surface area (Å²) in [7, 11) is 0. The molecule has 0 unspecified atom stereocenters. The molecule has 2 aromatic rings. The molecule has 2 rings (SSSR count). The summed E-state index contributed by atoms with van der Waals surface area (Å²) in [5.41, 5.74) is 2.09. The summed E-state index contributed by atoms with van der Waals surface area (Å²) >= 11 is 9.39. The van der Waals surface area contributed by atoms with Gasteiger partial charge in [0.05, 0.1) is 4.47 Å². The van der Waals surface area contributed by atoms with Crippen molar-refractivity contribution in [3.63, 3.8) is 0 Å². The number of halogens is 2. The second kappa shape index (κ2) is 4.85. The quantitative estimate of drug-likeness (QED) is 0.879. The molecule has 0 saturated carbocycles. The Morgan fingerprint density at radius 3 is 2.88 bits per heavy atom. The average molecular weight is 298 g/mol. The molecular formula is C12H10BrClN2. The first-order chi connectivity index (χ1) is 7.66. The van der Waals surface area contributed by atoms with E-state index >= 15 is 0 Å². The van der Waals surface area contributed by atoms with E-state index in [1.54, 1.807) is 6.20 Å². The molecule has 0 amide bonds. The third-order valence-corrected chi connectivity index (χ3v) is 3.09. The van der Waals surface area contributed by atoms with Gasteiger partial charge >= 0.3 is 0 Å². The van der Waals surface area contributed by atoms with Gasteiger partial charge in [-0.2, -0.15) is 0 Å². The van der Waals surface area contributed by atoms with E-state index in [1.807, 2.05) is 37.3 Å². The fourth-order valence-electron chi connectivity index (χ4n) is 1.33. The summed E-state index contributed by atoms with van der Waals surface area (Å²) in [4.78, 5) is 4.24. The van der Waals surface area contributed by atoms with Crippen molar-refractivity contribution in [1.29, 1.82) is 0 Å². The SMILES string of the molecule is Cc1ccc(Cl)cc1Nc1ncccc1Br. The van der Waals surface area contributed by atoms with E-state index in [0.717, 1.165) is 21.5 Å². The second-order valence-electron chi connectivity index (χ2n) is 3.42. The van der Waals surface area contributed by atoms with E-state index in [2.05, 4.69) is 26.2 Å². The minimum absolute atomic E-state index is 0.708. The number of rotatable bonds is 2. The third kappa shape index (κ3) is 2.54. The number of hydrogen-bond donors (Lipinski definition) is 1. The lowest BCUT2D eigenvalue weighted by Gasteiger charge is -2.10. The maximum Gasteiger partial charge on any atom is 0.144 e. The van der Waals surface area contributed by atoms with Crippen molar-refractivity contribution in [3.8, 4) is 0 Å². The fraction of sp³-hybridized carbons (Fsp3) is 0.0833. The van der Waals surface area contributed by atoms with Gasteiger partial charge in [0.2, 0.25) is 0 Å². The first kappa shape index (κ1) is 11.4. The number of nitrogens with zero attached hydrogens (tertiary/aromatic N) is 1. The highest BCUT2D eigenvalue weighted by atomic mass is 79.9. The average Bonchev–Trinajstić information content (AvgIpc) is 2.27. The number of aryl methyl sites for hydroxylation is 1. The van der Waals surface area contributed by atoms with Gasteiger partial charge in [-0.25, -0.2) is 4.98 Å². The largest absolute Gasteiger partial charge is 0.339 e. The van der Waals surface area contributed by atoms with Crippen LogP contribution >= 0.6 is 27.5 Å². The number of benzene rings is 1. The van der Waals surface area contributed by atoms with Gasteiger partial charge in [-0.15, -0.1) is 0 Å². The zero-order valence-corrected chi connectivity index (χ0v) is 11.0. The summed E-state index contributed by atoms with van der Waals surface area (Å²) in [5.74, 6) is 0.785. The third-order valence-electron chi connectivity index (χ3n) is 2.21. The predicted octanol–water partition coefficient (Wildman–Crippen LogP) is 4.55. The molecule has 0 aliphatic heterocycles. The molecule has 0 fully saturated rings. The molecule has 0 radical (unpaired) electrons. The number of hydrogen-bond acceptors (Lipinski definition) is 2. The van der Waals surface area contributed by atoms with Crippen molar-refractivity contribution in [3.05, 3.63) is 51.6 Å². The van der Waals surface area contributed by atoms with Gasteiger partial charge in [0.15, 0.2) is 0 Å². The highest BCUT2D eigenvalue weighted by molar-refractivity contribution is 9.10. The van der Waals surface area contributed by atoms with Gasteiger partial charge < -0.3 is 5.32 Å². The van der Waals surface area contributed by atoms with Gasteiger partial charge in [-0.3, -0.25) is 0 Å². The van der Waals surface area contributed by atoms with Gasteiger partial charge in [0.25, 0.3) is 0 Å². The van der Waals surface area contributed by atoms with Crippen LogP contribution in [-0.2, 0) is 0 Å². The molecule has 1 heterocycles. The topological polar surface area (TPSA) is 24.9 Å². The maximum atomic E-state index is 5.95. The number of nitrogens with one attached hydrogen (secondary N) is 1. The first-order valence-corrected chi connectivity index (χ1v) is 5.97. The van der Waals surface area contributed by atoms with Gasteiger partial charge in [-0.1, -0.05) is 17.7 Å². The number of pyridine rings is 1. The smallest absolute Gasteiger partial charge is 0.144 e. The highest BCUT2D eigenvalue weighted by Crippen LogP contribution is 2.26. The Morgan fingerprint density at radius 2 is 2.12 bits per heavy atom. The Bertz CT molecular complexity index is 514. The molecule has 16 heavy (non-hydrogen) atoms. The van der Waals surface area contributed by atoms with E-state index in [9.17, 15) is 0 Å². The Hall–Kier alpha value is -1.06. The molecule has 0 aliphatic rings. The van der Waals surface area contributed by atoms with Crippen molar-refractivity contribution in [2.24, 2.45) is 0 Å². The van der Waals surface area contributed by atoms with Crippen LogP contribution in [0.2, 0.25) is 5.02 Å². The lowest BCUT2D eigenvalue weighted by Crippen LogP contribution is -1.96. The van der Waals surface area contributed by atoms with E-state index in [4.69, 9.17) is 11.6 Å². The summed E-state index contributed by atoms with van der Waals surface area (Å²) in [5, 5.41) is 3.95. The second-order valence-corrected chi connectivity index (χ2v) is 4.71.